The van der Waals surface area contributed by atoms with Crippen LogP contribution in [-0.2, 0) is 0 Å². The molecule has 1 saturated carbocycles. The van der Waals surface area contributed by atoms with E-state index in [-0.39, 0.29) is 17.8 Å². The van der Waals surface area contributed by atoms with Crippen LogP contribution in [0.4, 0.5) is 24.5 Å². The first-order valence-corrected chi connectivity index (χ1v) is 11.4. The number of likely N-dealkylation sites (N-methyl/N-ethyl adjacent to an activating group) is 1. The van der Waals surface area contributed by atoms with Gasteiger partial charge in [-0.1, -0.05) is 12.8 Å². The molecule has 0 aromatic heterocycles. The molecule has 0 unspecified atom stereocenters. The summed E-state index contributed by atoms with van der Waals surface area (Å²) in [6.45, 7) is 1.44. The fraction of sp³-hybridized carbons (Fsp3) is 0.435. The lowest BCUT2D eigenvalue weighted by molar-refractivity contribution is -0.0854. The summed E-state index contributed by atoms with van der Waals surface area (Å²) in [7, 11) is 1.43. The van der Waals surface area contributed by atoms with E-state index in [1.807, 2.05) is 22.6 Å². The maximum atomic E-state index is 14.6. The highest BCUT2D eigenvalue weighted by Gasteiger charge is 2.40. The molecule has 2 aromatic rings. The van der Waals surface area contributed by atoms with Crippen LogP contribution in [0.2, 0.25) is 0 Å². The summed E-state index contributed by atoms with van der Waals surface area (Å²) >= 11 is 1.92. The van der Waals surface area contributed by atoms with Crippen molar-refractivity contribution in [3.63, 3.8) is 0 Å². The Bertz CT molecular complexity index is 1000. The summed E-state index contributed by atoms with van der Waals surface area (Å²) in [5.41, 5.74) is -2.17. The van der Waals surface area contributed by atoms with Crippen molar-refractivity contribution in [3.8, 4) is 0 Å². The van der Waals surface area contributed by atoms with Crippen molar-refractivity contribution < 1.29 is 28.2 Å². The van der Waals surface area contributed by atoms with E-state index in [1.165, 1.54) is 24.1 Å². The van der Waals surface area contributed by atoms with Gasteiger partial charge in [0, 0.05) is 23.1 Å². The van der Waals surface area contributed by atoms with Crippen molar-refractivity contribution in [1.29, 1.82) is 0 Å². The van der Waals surface area contributed by atoms with Gasteiger partial charge >= 0.3 is 0 Å². The lowest BCUT2D eigenvalue weighted by Gasteiger charge is -2.41. The Morgan fingerprint density at radius 1 is 1.19 bits per heavy atom. The number of amides is 1. The third-order valence-electron chi connectivity index (χ3n) is 5.95. The van der Waals surface area contributed by atoms with Gasteiger partial charge in [0.05, 0.1) is 28.6 Å². The van der Waals surface area contributed by atoms with Crippen LogP contribution in [0.15, 0.2) is 30.3 Å². The number of halogens is 4. The molecule has 0 aliphatic heterocycles. The van der Waals surface area contributed by atoms with E-state index in [2.05, 4.69) is 5.32 Å². The Morgan fingerprint density at radius 3 is 2.53 bits per heavy atom. The normalized spacial score (nSPS) is 20.5. The van der Waals surface area contributed by atoms with Crippen molar-refractivity contribution >= 4 is 39.9 Å². The summed E-state index contributed by atoms with van der Waals surface area (Å²) in [6.07, 6.45) is 2.28. The highest BCUT2D eigenvalue weighted by atomic mass is 127. The van der Waals surface area contributed by atoms with Crippen molar-refractivity contribution in [2.24, 2.45) is 5.92 Å². The molecule has 3 N–H and O–H groups in total. The number of rotatable bonds is 6. The number of hydrogen-bond donors (Lipinski definition) is 3. The van der Waals surface area contributed by atoms with Gasteiger partial charge in [-0.15, -0.1) is 0 Å². The first-order valence-electron chi connectivity index (χ1n) is 10.4. The van der Waals surface area contributed by atoms with Crippen LogP contribution in [0.3, 0.4) is 0 Å². The molecule has 32 heavy (non-hydrogen) atoms. The van der Waals surface area contributed by atoms with Crippen molar-refractivity contribution in [3.05, 3.63) is 56.9 Å². The quantitative estimate of drug-likeness (QED) is 0.442. The van der Waals surface area contributed by atoms with Gasteiger partial charge < -0.3 is 20.4 Å². The summed E-state index contributed by atoms with van der Waals surface area (Å²) in [4.78, 5) is 14.3. The first-order chi connectivity index (χ1) is 15.0. The van der Waals surface area contributed by atoms with Gasteiger partial charge in [-0.2, -0.15) is 0 Å². The summed E-state index contributed by atoms with van der Waals surface area (Å²) in [5, 5.41) is 23.8. The van der Waals surface area contributed by atoms with E-state index in [0.29, 0.717) is 16.4 Å². The van der Waals surface area contributed by atoms with Crippen LogP contribution < -0.4 is 5.32 Å². The molecule has 1 aliphatic rings. The van der Waals surface area contributed by atoms with Crippen LogP contribution in [0.5, 0.6) is 0 Å². The van der Waals surface area contributed by atoms with Gasteiger partial charge in [0.25, 0.3) is 5.91 Å². The Labute approximate surface area is 198 Å². The van der Waals surface area contributed by atoms with Crippen LogP contribution in [-0.4, -0.2) is 46.3 Å². The fourth-order valence-electron chi connectivity index (χ4n) is 4.29. The average molecular weight is 562 g/mol. The van der Waals surface area contributed by atoms with Crippen molar-refractivity contribution in [2.45, 2.75) is 44.3 Å². The molecule has 0 bridgehead atoms. The highest BCUT2D eigenvalue weighted by molar-refractivity contribution is 14.1. The minimum atomic E-state index is -1.38. The second-order valence-corrected chi connectivity index (χ2v) is 9.76. The molecule has 2 aromatic carbocycles. The number of nitrogens with zero attached hydrogens (tertiary/aromatic N) is 1. The van der Waals surface area contributed by atoms with E-state index in [1.54, 1.807) is 13.0 Å². The molecule has 3 rings (SSSR count). The molecule has 174 valence electrons. The summed E-state index contributed by atoms with van der Waals surface area (Å²) in [5.74, 6) is -4.26. The standard InChI is InChI=1S/C23H26F3IN2O3/c1-23(32,15-5-3-4-6-19(15)30)12-29(2)22(31)14-8-9-16(24)20(26)21(14)28-18-10-7-13(27)11-17(18)25/h7-11,15,19,28,30,32H,3-6,12H2,1-2H3/t15-,19+,23+/m0/s1. The molecule has 5 nitrogen and oxygen atoms in total. The molecular formula is C23H26F3IN2O3. The van der Waals surface area contributed by atoms with E-state index in [4.69, 9.17) is 0 Å². The Morgan fingerprint density at radius 2 is 1.88 bits per heavy atom. The van der Waals surface area contributed by atoms with Gasteiger partial charge in [-0.25, -0.2) is 13.2 Å². The number of benzene rings is 2. The molecule has 9 heteroatoms. The van der Waals surface area contributed by atoms with Crippen LogP contribution in [0.25, 0.3) is 0 Å². The van der Waals surface area contributed by atoms with Gasteiger partial charge in [-0.05, 0) is 72.7 Å². The monoisotopic (exact) mass is 562 g/mol. The number of aliphatic hydroxyl groups is 2. The number of carbonyl (C=O) groups is 1. The molecule has 0 spiro atoms. The van der Waals surface area contributed by atoms with Gasteiger partial charge in [0.15, 0.2) is 11.6 Å². The summed E-state index contributed by atoms with van der Waals surface area (Å²) in [6, 6.07) is 6.13. The van der Waals surface area contributed by atoms with Crippen LogP contribution in [0.1, 0.15) is 43.0 Å². The highest BCUT2D eigenvalue weighted by Crippen LogP contribution is 2.34. The van der Waals surface area contributed by atoms with E-state index in [0.717, 1.165) is 25.0 Å². The molecule has 1 fully saturated rings. The largest absolute Gasteiger partial charge is 0.393 e. The molecule has 1 amide bonds. The smallest absolute Gasteiger partial charge is 0.255 e. The third kappa shape index (κ3) is 5.37. The SMILES string of the molecule is CN(C[C@@](C)(O)[C@H]1CCCC[C@H]1O)C(=O)c1ccc(F)c(F)c1Nc1ccc(I)cc1F. The number of hydrogen-bond acceptors (Lipinski definition) is 4. The zero-order valence-corrected chi connectivity index (χ0v) is 20.0. The zero-order chi connectivity index (χ0) is 23.6. The van der Waals surface area contributed by atoms with E-state index >= 15 is 0 Å². The van der Waals surface area contributed by atoms with Gasteiger partial charge in [0.2, 0.25) is 0 Å². The third-order valence-corrected chi connectivity index (χ3v) is 6.62. The Kier molecular flexibility index (Phi) is 7.72. The molecule has 0 radical (unpaired) electrons. The van der Waals surface area contributed by atoms with Crippen molar-refractivity contribution in [1.82, 2.24) is 4.90 Å². The predicted molar refractivity (Wildman–Crippen MR) is 124 cm³/mol. The molecular weight excluding hydrogens is 536 g/mol. The number of anilines is 2. The number of nitrogens with one attached hydrogen (secondary N) is 1. The fourth-order valence-corrected chi connectivity index (χ4v) is 4.74. The van der Waals surface area contributed by atoms with Crippen LogP contribution >= 0.6 is 22.6 Å². The lowest BCUT2D eigenvalue weighted by atomic mass is 9.75. The Hall–Kier alpha value is -1.85. The van der Waals surface area contributed by atoms with Crippen molar-refractivity contribution in [2.75, 3.05) is 18.9 Å². The lowest BCUT2D eigenvalue weighted by Crippen LogP contribution is -2.51. The molecule has 1 aliphatic carbocycles. The maximum absolute atomic E-state index is 14.6. The molecule has 3 atom stereocenters. The minimum absolute atomic E-state index is 0.107. The number of aliphatic hydroxyl groups excluding tert-OH is 1. The predicted octanol–water partition coefficient (Wildman–Crippen LogP) is 4.83. The zero-order valence-electron chi connectivity index (χ0n) is 17.8. The average Bonchev–Trinajstić information content (AvgIpc) is 2.72. The first kappa shape index (κ1) is 24.8. The molecule has 0 heterocycles. The van der Waals surface area contributed by atoms with Gasteiger partial charge in [-0.3, -0.25) is 4.79 Å². The van der Waals surface area contributed by atoms with E-state index < -0.39 is 46.7 Å². The Balaban J connectivity index is 1.88. The molecule has 0 saturated heterocycles. The summed E-state index contributed by atoms with van der Waals surface area (Å²) < 4.78 is 43.5. The second kappa shape index (κ2) is 9.96. The van der Waals surface area contributed by atoms with Gasteiger partial charge in [0.1, 0.15) is 5.82 Å². The van der Waals surface area contributed by atoms with Crippen LogP contribution in [0, 0.1) is 26.9 Å². The second-order valence-electron chi connectivity index (χ2n) is 8.51. The maximum Gasteiger partial charge on any atom is 0.255 e. The topological polar surface area (TPSA) is 72.8 Å². The number of carbonyl (C=O) groups excluding carboxylic acids is 1. The van der Waals surface area contributed by atoms with E-state index in [9.17, 15) is 28.2 Å². The minimum Gasteiger partial charge on any atom is -0.393 e.